The summed E-state index contributed by atoms with van der Waals surface area (Å²) in [5.41, 5.74) is 5.21. The Morgan fingerprint density at radius 2 is 2.46 bits per heavy atom. The van der Waals surface area contributed by atoms with Crippen molar-refractivity contribution in [2.75, 3.05) is 26.4 Å². The molecule has 0 aromatic carbocycles. The first-order valence-corrected chi connectivity index (χ1v) is 4.79. The van der Waals surface area contributed by atoms with Gasteiger partial charge in [-0.25, -0.2) is 0 Å². The molecule has 4 heteroatoms. The van der Waals surface area contributed by atoms with Crippen molar-refractivity contribution in [3.05, 3.63) is 0 Å². The lowest BCUT2D eigenvalue weighted by Gasteiger charge is -2.33. The van der Waals surface area contributed by atoms with Gasteiger partial charge in [0.05, 0.1) is 19.3 Å². The third kappa shape index (κ3) is 2.64. The molecule has 0 spiro atoms. The van der Waals surface area contributed by atoms with Crippen molar-refractivity contribution in [2.24, 2.45) is 5.73 Å². The smallest absolute Gasteiger partial charge is 0.104 e. The Hall–Kier alpha value is -0.160. The van der Waals surface area contributed by atoms with Crippen LogP contribution in [0.5, 0.6) is 0 Å². The van der Waals surface area contributed by atoms with Crippen molar-refractivity contribution in [1.82, 2.24) is 0 Å². The van der Waals surface area contributed by atoms with Gasteiger partial charge in [-0.3, -0.25) is 0 Å². The summed E-state index contributed by atoms with van der Waals surface area (Å²) in [6.45, 7) is 3.52. The summed E-state index contributed by atoms with van der Waals surface area (Å²) in [5, 5.41) is 8.66. The predicted molar refractivity (Wildman–Crippen MR) is 49.5 cm³/mol. The maximum atomic E-state index is 8.66. The van der Waals surface area contributed by atoms with E-state index in [4.69, 9.17) is 20.3 Å². The summed E-state index contributed by atoms with van der Waals surface area (Å²) in [6.07, 6.45) is 2.16. The third-order valence-corrected chi connectivity index (χ3v) is 2.54. The lowest BCUT2D eigenvalue weighted by atomic mass is 9.96. The fraction of sp³-hybridized carbons (Fsp3) is 1.00. The lowest BCUT2D eigenvalue weighted by Crippen LogP contribution is -2.48. The second kappa shape index (κ2) is 4.91. The maximum Gasteiger partial charge on any atom is 0.104 e. The summed E-state index contributed by atoms with van der Waals surface area (Å²) >= 11 is 0. The van der Waals surface area contributed by atoms with Gasteiger partial charge >= 0.3 is 0 Å². The zero-order chi connectivity index (χ0) is 9.73. The van der Waals surface area contributed by atoms with Crippen molar-refractivity contribution in [3.8, 4) is 0 Å². The van der Waals surface area contributed by atoms with Gasteiger partial charge in [0.15, 0.2) is 0 Å². The van der Waals surface area contributed by atoms with E-state index in [0.717, 1.165) is 19.4 Å². The van der Waals surface area contributed by atoms with E-state index in [1.54, 1.807) is 0 Å². The van der Waals surface area contributed by atoms with Crippen LogP contribution in [0.4, 0.5) is 0 Å². The van der Waals surface area contributed by atoms with Crippen LogP contribution in [-0.2, 0) is 9.47 Å². The van der Waals surface area contributed by atoms with Crippen LogP contribution in [0, 0.1) is 0 Å². The second-order valence-corrected chi connectivity index (χ2v) is 3.59. The van der Waals surface area contributed by atoms with Crippen LogP contribution in [0.15, 0.2) is 0 Å². The standard InChI is InChI=1S/C9H19NO3/c1-9(7-10,13-6-4-11)8-3-2-5-12-8/h8,11H,2-7,10H2,1H3. The zero-order valence-electron chi connectivity index (χ0n) is 8.16. The van der Waals surface area contributed by atoms with E-state index >= 15 is 0 Å². The van der Waals surface area contributed by atoms with Gasteiger partial charge in [0.25, 0.3) is 0 Å². The molecule has 13 heavy (non-hydrogen) atoms. The van der Waals surface area contributed by atoms with Crippen molar-refractivity contribution in [1.29, 1.82) is 0 Å². The minimum atomic E-state index is -0.431. The molecule has 0 aromatic rings. The minimum Gasteiger partial charge on any atom is -0.394 e. The Labute approximate surface area is 79.0 Å². The summed E-state index contributed by atoms with van der Waals surface area (Å²) in [4.78, 5) is 0. The van der Waals surface area contributed by atoms with E-state index in [-0.39, 0.29) is 12.7 Å². The Balaban J connectivity index is 2.45. The molecule has 1 heterocycles. The van der Waals surface area contributed by atoms with E-state index in [2.05, 4.69) is 0 Å². The average molecular weight is 189 g/mol. The quantitative estimate of drug-likeness (QED) is 0.633. The van der Waals surface area contributed by atoms with Gasteiger partial charge in [0.1, 0.15) is 5.60 Å². The molecule has 0 amide bonds. The van der Waals surface area contributed by atoms with Gasteiger partial charge in [-0.1, -0.05) is 0 Å². The lowest BCUT2D eigenvalue weighted by molar-refractivity contribution is -0.118. The van der Waals surface area contributed by atoms with Crippen molar-refractivity contribution in [2.45, 2.75) is 31.5 Å². The molecule has 0 radical (unpaired) electrons. The molecule has 1 rings (SSSR count). The van der Waals surface area contributed by atoms with E-state index in [1.807, 2.05) is 6.92 Å². The highest BCUT2D eigenvalue weighted by Crippen LogP contribution is 2.26. The average Bonchev–Trinajstić information content (AvgIpc) is 2.67. The second-order valence-electron chi connectivity index (χ2n) is 3.59. The number of ether oxygens (including phenoxy) is 2. The molecule has 1 aliphatic heterocycles. The van der Waals surface area contributed by atoms with Gasteiger partial charge in [-0.05, 0) is 19.8 Å². The van der Waals surface area contributed by atoms with Crippen molar-refractivity contribution in [3.63, 3.8) is 0 Å². The fourth-order valence-electron chi connectivity index (χ4n) is 1.62. The Morgan fingerprint density at radius 1 is 1.69 bits per heavy atom. The first-order chi connectivity index (χ1) is 6.23. The van der Waals surface area contributed by atoms with E-state index in [1.165, 1.54) is 0 Å². The normalized spacial score (nSPS) is 27.5. The maximum absolute atomic E-state index is 8.66. The zero-order valence-corrected chi connectivity index (χ0v) is 8.16. The Morgan fingerprint density at radius 3 is 2.92 bits per heavy atom. The minimum absolute atomic E-state index is 0.0301. The molecule has 1 aliphatic rings. The highest BCUT2D eigenvalue weighted by molar-refractivity contribution is 4.88. The molecule has 2 unspecified atom stereocenters. The summed E-state index contributed by atoms with van der Waals surface area (Å²) in [5.74, 6) is 0. The van der Waals surface area contributed by atoms with E-state index < -0.39 is 5.60 Å². The molecule has 4 nitrogen and oxygen atoms in total. The SMILES string of the molecule is CC(CN)(OCCO)C1CCCO1. The van der Waals surface area contributed by atoms with E-state index in [9.17, 15) is 0 Å². The number of rotatable bonds is 5. The molecule has 0 bridgehead atoms. The molecule has 0 saturated carbocycles. The van der Waals surface area contributed by atoms with Crippen LogP contribution in [0.2, 0.25) is 0 Å². The summed E-state index contributed by atoms with van der Waals surface area (Å²) in [6, 6.07) is 0. The highest BCUT2D eigenvalue weighted by atomic mass is 16.6. The molecule has 1 fully saturated rings. The van der Waals surface area contributed by atoms with Gasteiger partial charge in [-0.2, -0.15) is 0 Å². The largest absolute Gasteiger partial charge is 0.394 e. The number of aliphatic hydroxyl groups is 1. The molecule has 3 N–H and O–H groups in total. The summed E-state index contributed by atoms with van der Waals surface area (Å²) in [7, 11) is 0. The Bertz CT molecular complexity index is 148. The number of hydrogen-bond donors (Lipinski definition) is 2. The molecular formula is C9H19NO3. The molecule has 78 valence electrons. The van der Waals surface area contributed by atoms with Crippen LogP contribution in [-0.4, -0.2) is 43.2 Å². The van der Waals surface area contributed by atoms with Crippen LogP contribution >= 0.6 is 0 Å². The Kier molecular flexibility index (Phi) is 4.12. The van der Waals surface area contributed by atoms with Gasteiger partial charge in [0.2, 0.25) is 0 Å². The number of nitrogens with two attached hydrogens (primary N) is 1. The van der Waals surface area contributed by atoms with Gasteiger partial charge in [-0.15, -0.1) is 0 Å². The number of hydrogen-bond acceptors (Lipinski definition) is 4. The number of aliphatic hydroxyl groups excluding tert-OH is 1. The van der Waals surface area contributed by atoms with Crippen molar-refractivity contribution >= 4 is 0 Å². The van der Waals surface area contributed by atoms with Gasteiger partial charge < -0.3 is 20.3 Å². The first-order valence-electron chi connectivity index (χ1n) is 4.79. The molecular weight excluding hydrogens is 170 g/mol. The highest BCUT2D eigenvalue weighted by Gasteiger charge is 2.36. The van der Waals surface area contributed by atoms with Crippen molar-refractivity contribution < 1.29 is 14.6 Å². The molecule has 0 aromatic heterocycles. The molecule has 2 atom stereocenters. The van der Waals surface area contributed by atoms with Crippen LogP contribution in [0.3, 0.4) is 0 Å². The first kappa shape index (κ1) is 10.9. The van der Waals surface area contributed by atoms with Crippen LogP contribution in [0.1, 0.15) is 19.8 Å². The molecule has 0 aliphatic carbocycles. The molecule has 1 saturated heterocycles. The van der Waals surface area contributed by atoms with Gasteiger partial charge in [0, 0.05) is 13.2 Å². The van der Waals surface area contributed by atoms with E-state index in [0.29, 0.717) is 13.2 Å². The third-order valence-electron chi connectivity index (χ3n) is 2.54. The summed E-state index contributed by atoms with van der Waals surface area (Å²) < 4.78 is 11.0. The van der Waals surface area contributed by atoms with Crippen LogP contribution < -0.4 is 5.73 Å². The monoisotopic (exact) mass is 189 g/mol. The fourth-order valence-corrected chi connectivity index (χ4v) is 1.62. The van der Waals surface area contributed by atoms with Crippen LogP contribution in [0.25, 0.3) is 0 Å². The predicted octanol–water partition coefficient (Wildman–Crippen LogP) is -0.108. The topological polar surface area (TPSA) is 64.7 Å².